The van der Waals surface area contributed by atoms with Crippen molar-refractivity contribution in [1.29, 1.82) is 0 Å². The van der Waals surface area contributed by atoms with Crippen molar-refractivity contribution in [1.82, 2.24) is 4.98 Å². The first-order chi connectivity index (χ1) is 13.5. The lowest BCUT2D eigenvalue weighted by Crippen LogP contribution is -2.50. The van der Waals surface area contributed by atoms with Crippen LogP contribution in [0.5, 0.6) is 0 Å². The molecule has 1 aliphatic carbocycles. The lowest BCUT2D eigenvalue weighted by atomic mass is 9.81. The molecule has 3 heterocycles. The Morgan fingerprint density at radius 2 is 1.54 bits per heavy atom. The fourth-order valence-corrected chi connectivity index (χ4v) is 5.75. The topological polar surface area (TPSA) is 19.4 Å². The van der Waals surface area contributed by atoms with Crippen molar-refractivity contribution in [2.45, 2.75) is 32.4 Å². The molecule has 0 bridgehead atoms. The molecule has 0 amide bonds. The summed E-state index contributed by atoms with van der Waals surface area (Å²) >= 11 is 0. The number of pyridine rings is 1. The molecule has 1 fully saturated rings. The van der Waals surface area contributed by atoms with Gasteiger partial charge >= 0.3 is 0 Å². The number of para-hydroxylation sites is 2. The fraction of sp³-hybridized carbons (Fsp3) is 0.240. The summed E-state index contributed by atoms with van der Waals surface area (Å²) in [5.41, 5.74) is 7.54. The maximum atomic E-state index is 4.84. The summed E-state index contributed by atoms with van der Waals surface area (Å²) in [4.78, 5) is 9.77. The van der Waals surface area contributed by atoms with Gasteiger partial charge in [0, 0.05) is 28.4 Å². The SMILES string of the molecule is C=C1C2(C)c3ccccc3N3c4cccnc4N(c4ccccc4C)C3C12C. The van der Waals surface area contributed by atoms with Crippen LogP contribution < -0.4 is 9.80 Å². The van der Waals surface area contributed by atoms with Crippen molar-refractivity contribution < 1.29 is 0 Å². The van der Waals surface area contributed by atoms with Crippen LogP contribution in [0.1, 0.15) is 25.0 Å². The Morgan fingerprint density at radius 1 is 0.857 bits per heavy atom. The Morgan fingerprint density at radius 3 is 2.32 bits per heavy atom. The zero-order valence-corrected chi connectivity index (χ0v) is 16.5. The Labute approximate surface area is 165 Å². The second-order valence-electron chi connectivity index (χ2n) is 8.57. The number of hydrogen-bond acceptors (Lipinski definition) is 3. The van der Waals surface area contributed by atoms with Crippen molar-refractivity contribution in [3.05, 3.63) is 90.1 Å². The quantitative estimate of drug-likeness (QED) is 0.504. The van der Waals surface area contributed by atoms with Gasteiger partial charge in [-0.3, -0.25) is 0 Å². The summed E-state index contributed by atoms with van der Waals surface area (Å²) in [6.07, 6.45) is 2.03. The number of aromatic nitrogens is 1. The van der Waals surface area contributed by atoms with Crippen LogP contribution in [0.15, 0.2) is 79.0 Å². The zero-order valence-electron chi connectivity index (χ0n) is 16.5. The molecule has 0 saturated heterocycles. The van der Waals surface area contributed by atoms with Gasteiger partial charge in [0.25, 0.3) is 0 Å². The van der Waals surface area contributed by atoms with E-state index in [9.17, 15) is 0 Å². The highest BCUT2D eigenvalue weighted by Crippen LogP contribution is 2.77. The van der Waals surface area contributed by atoms with Crippen molar-refractivity contribution in [3.8, 4) is 0 Å². The molecule has 2 aliphatic heterocycles. The zero-order chi connectivity index (χ0) is 19.3. The summed E-state index contributed by atoms with van der Waals surface area (Å²) in [7, 11) is 0. The van der Waals surface area contributed by atoms with Crippen LogP contribution in [-0.4, -0.2) is 11.1 Å². The van der Waals surface area contributed by atoms with Gasteiger partial charge < -0.3 is 9.80 Å². The molecule has 3 aliphatic rings. The van der Waals surface area contributed by atoms with Gasteiger partial charge in [-0.15, -0.1) is 0 Å². The summed E-state index contributed by atoms with van der Waals surface area (Å²) in [6.45, 7) is 11.5. The van der Waals surface area contributed by atoms with Gasteiger partial charge in [-0.1, -0.05) is 62.4 Å². The second kappa shape index (κ2) is 4.85. The van der Waals surface area contributed by atoms with E-state index in [2.05, 4.69) is 91.7 Å². The first-order valence-corrected chi connectivity index (χ1v) is 9.89. The first kappa shape index (κ1) is 15.9. The van der Waals surface area contributed by atoms with Crippen LogP contribution in [0.4, 0.5) is 22.9 Å². The molecule has 2 aromatic carbocycles. The lowest BCUT2D eigenvalue weighted by molar-refractivity contribution is 0.377. The molecule has 1 saturated carbocycles. The Kier molecular flexibility index (Phi) is 2.76. The van der Waals surface area contributed by atoms with Gasteiger partial charge in [0.15, 0.2) is 5.82 Å². The number of nitrogens with zero attached hydrogens (tertiary/aromatic N) is 3. The van der Waals surface area contributed by atoms with Crippen LogP contribution in [0.3, 0.4) is 0 Å². The molecule has 0 radical (unpaired) electrons. The van der Waals surface area contributed by atoms with E-state index >= 15 is 0 Å². The highest BCUT2D eigenvalue weighted by atomic mass is 15.5. The number of aryl methyl sites for hydroxylation is 1. The van der Waals surface area contributed by atoms with Crippen molar-refractivity contribution >= 4 is 22.9 Å². The molecule has 3 heteroatoms. The molecule has 0 N–H and O–H groups in total. The predicted octanol–water partition coefficient (Wildman–Crippen LogP) is 5.85. The average molecular weight is 365 g/mol. The Balaban J connectivity index is 1.70. The number of anilines is 4. The minimum absolute atomic E-state index is 0.0201. The predicted molar refractivity (Wildman–Crippen MR) is 115 cm³/mol. The lowest BCUT2D eigenvalue weighted by Gasteiger charge is -2.44. The van der Waals surface area contributed by atoms with E-state index in [1.165, 1.54) is 33.8 Å². The minimum Gasteiger partial charge on any atom is -0.316 e. The van der Waals surface area contributed by atoms with Crippen molar-refractivity contribution in [2.24, 2.45) is 5.41 Å². The van der Waals surface area contributed by atoms with E-state index in [0.29, 0.717) is 0 Å². The van der Waals surface area contributed by atoms with E-state index in [-0.39, 0.29) is 17.0 Å². The normalized spacial score (nSPS) is 29.1. The number of rotatable bonds is 1. The van der Waals surface area contributed by atoms with Crippen LogP contribution in [-0.2, 0) is 5.41 Å². The number of benzene rings is 2. The van der Waals surface area contributed by atoms with Gasteiger partial charge in [-0.05, 0) is 42.3 Å². The van der Waals surface area contributed by atoms with Crippen molar-refractivity contribution in [3.63, 3.8) is 0 Å². The average Bonchev–Trinajstić information content (AvgIpc) is 3.02. The monoisotopic (exact) mass is 365 g/mol. The molecule has 28 heavy (non-hydrogen) atoms. The second-order valence-corrected chi connectivity index (χ2v) is 8.57. The molecule has 3 atom stereocenters. The fourth-order valence-electron chi connectivity index (χ4n) is 5.75. The molecular weight excluding hydrogens is 342 g/mol. The molecule has 6 rings (SSSR count). The molecule has 0 spiro atoms. The van der Waals surface area contributed by atoms with Crippen LogP contribution in [0, 0.1) is 12.3 Å². The maximum absolute atomic E-state index is 4.84. The molecular formula is C25H23N3. The molecule has 3 aromatic rings. The maximum Gasteiger partial charge on any atom is 0.158 e. The van der Waals surface area contributed by atoms with E-state index in [1.54, 1.807) is 0 Å². The Bertz CT molecular complexity index is 1170. The minimum atomic E-state index is -0.0513. The summed E-state index contributed by atoms with van der Waals surface area (Å²) in [6, 6.07) is 21.7. The third-order valence-corrected chi connectivity index (χ3v) is 7.54. The summed E-state index contributed by atoms with van der Waals surface area (Å²) in [5.74, 6) is 1.03. The molecule has 1 aromatic heterocycles. The largest absolute Gasteiger partial charge is 0.316 e. The van der Waals surface area contributed by atoms with Gasteiger partial charge in [-0.25, -0.2) is 4.98 Å². The van der Waals surface area contributed by atoms with Gasteiger partial charge in [0.05, 0.1) is 5.69 Å². The van der Waals surface area contributed by atoms with E-state index in [1.807, 2.05) is 12.3 Å². The standard InChI is InChI=1S/C25H23N3/c1-16-10-5-7-12-19(16)28-22-21(14-9-15-26-22)27-20-13-8-6-11-18(20)24(3)17(2)25(24,4)23(27)28/h5-15,23H,2H2,1,3-4H3. The van der Waals surface area contributed by atoms with Crippen LogP contribution >= 0.6 is 0 Å². The van der Waals surface area contributed by atoms with Crippen LogP contribution in [0.25, 0.3) is 0 Å². The van der Waals surface area contributed by atoms with Gasteiger partial charge in [-0.2, -0.15) is 0 Å². The highest BCUT2D eigenvalue weighted by molar-refractivity contribution is 5.92. The van der Waals surface area contributed by atoms with E-state index in [0.717, 1.165) is 5.82 Å². The third kappa shape index (κ3) is 1.53. The highest BCUT2D eigenvalue weighted by Gasteiger charge is 2.76. The van der Waals surface area contributed by atoms with Gasteiger partial charge in [0.1, 0.15) is 6.17 Å². The number of hydrogen-bond donors (Lipinski definition) is 0. The summed E-state index contributed by atoms with van der Waals surface area (Å²) in [5, 5.41) is 0. The van der Waals surface area contributed by atoms with E-state index in [4.69, 9.17) is 4.98 Å². The number of fused-ring (bicyclic) bond motifs is 8. The molecule has 138 valence electrons. The first-order valence-electron chi connectivity index (χ1n) is 9.89. The van der Waals surface area contributed by atoms with Crippen LogP contribution in [0.2, 0.25) is 0 Å². The Hall–Kier alpha value is -3.07. The molecule has 3 unspecified atom stereocenters. The van der Waals surface area contributed by atoms with Crippen molar-refractivity contribution in [2.75, 3.05) is 9.80 Å². The van der Waals surface area contributed by atoms with E-state index < -0.39 is 0 Å². The third-order valence-electron chi connectivity index (χ3n) is 7.54. The smallest absolute Gasteiger partial charge is 0.158 e. The van der Waals surface area contributed by atoms with Gasteiger partial charge in [0.2, 0.25) is 0 Å². The summed E-state index contributed by atoms with van der Waals surface area (Å²) < 4.78 is 0. The molecule has 3 nitrogen and oxygen atoms in total.